The highest BCUT2D eigenvalue weighted by Gasteiger charge is 2.34. The van der Waals surface area contributed by atoms with Crippen molar-refractivity contribution in [1.82, 2.24) is 9.88 Å². The molecule has 0 N–H and O–H groups in total. The molecule has 1 aromatic carbocycles. The van der Waals surface area contributed by atoms with Crippen LogP contribution in [0, 0.1) is 6.92 Å². The van der Waals surface area contributed by atoms with E-state index in [2.05, 4.69) is 4.98 Å². The molecule has 0 fully saturated rings. The van der Waals surface area contributed by atoms with Gasteiger partial charge >= 0.3 is 0 Å². The Balaban J connectivity index is 0.00000147. The monoisotopic (exact) mass is 308 g/mol. The molecule has 1 aliphatic heterocycles. The molecule has 2 heterocycles. The Morgan fingerprint density at radius 3 is 2.25 bits per heavy atom. The van der Waals surface area contributed by atoms with Crippen molar-refractivity contribution in [2.24, 2.45) is 0 Å². The third-order valence-electron chi connectivity index (χ3n) is 3.14. The molecule has 0 unspecified atom stereocenters. The van der Waals surface area contributed by atoms with Crippen molar-refractivity contribution in [1.29, 1.82) is 0 Å². The molecule has 2 amide bonds. The number of aryl methyl sites for hydroxylation is 1. The summed E-state index contributed by atoms with van der Waals surface area (Å²) in [5.41, 5.74) is 1.93. The van der Waals surface area contributed by atoms with Gasteiger partial charge in [0.05, 0.1) is 21.8 Å². The fourth-order valence-electron chi connectivity index (χ4n) is 2.19. The average molecular weight is 309 g/mol. The maximum Gasteiger partial charge on any atom is 0.261 e. The van der Waals surface area contributed by atoms with Crippen LogP contribution in [0.2, 0.25) is 0 Å². The quantitative estimate of drug-likeness (QED) is 0.819. The van der Waals surface area contributed by atoms with Crippen LogP contribution >= 0.6 is 23.7 Å². The molecule has 3 rings (SSSR count). The molecule has 0 spiro atoms. The van der Waals surface area contributed by atoms with Crippen LogP contribution in [0.1, 0.15) is 31.4 Å². The number of hydrogen-bond donors (Lipinski definition) is 0. The highest BCUT2D eigenvalue weighted by Crippen LogP contribution is 2.22. The molecule has 104 valence electrons. The van der Waals surface area contributed by atoms with E-state index in [1.807, 2.05) is 12.3 Å². The van der Waals surface area contributed by atoms with E-state index in [9.17, 15) is 9.59 Å². The molecule has 1 aliphatic rings. The third kappa shape index (κ3) is 2.46. The van der Waals surface area contributed by atoms with Crippen molar-refractivity contribution < 1.29 is 9.59 Å². The Kier molecular flexibility index (Phi) is 4.20. The van der Waals surface area contributed by atoms with Gasteiger partial charge in [0, 0.05) is 18.3 Å². The van der Waals surface area contributed by atoms with E-state index in [1.165, 1.54) is 4.90 Å². The minimum Gasteiger partial charge on any atom is -0.274 e. The third-order valence-corrected chi connectivity index (χ3v) is 3.96. The zero-order valence-electron chi connectivity index (χ0n) is 10.8. The van der Waals surface area contributed by atoms with Crippen LogP contribution in [0.25, 0.3) is 0 Å². The van der Waals surface area contributed by atoms with E-state index in [0.29, 0.717) is 24.1 Å². The minimum atomic E-state index is -0.201. The molecule has 0 saturated carbocycles. The number of imide groups is 1. The van der Waals surface area contributed by atoms with Crippen molar-refractivity contribution in [2.75, 3.05) is 6.54 Å². The van der Waals surface area contributed by atoms with Crippen molar-refractivity contribution in [3.8, 4) is 0 Å². The molecule has 0 bridgehead atoms. The molecule has 2 aromatic rings. The van der Waals surface area contributed by atoms with Crippen molar-refractivity contribution >= 4 is 35.6 Å². The van der Waals surface area contributed by atoms with Crippen molar-refractivity contribution in [2.45, 2.75) is 13.3 Å². The van der Waals surface area contributed by atoms with Crippen LogP contribution in [0.5, 0.6) is 0 Å². The Labute approximate surface area is 126 Å². The number of carbonyl (C=O) groups is 2. The summed E-state index contributed by atoms with van der Waals surface area (Å²) >= 11 is 1.58. The molecule has 0 radical (unpaired) electrons. The fourth-order valence-corrected chi connectivity index (χ4v) is 2.84. The Morgan fingerprint density at radius 2 is 1.75 bits per heavy atom. The molecular weight excluding hydrogens is 296 g/mol. The summed E-state index contributed by atoms with van der Waals surface area (Å²) < 4.78 is 0. The molecule has 20 heavy (non-hydrogen) atoms. The second-order valence-corrected chi connectivity index (χ2v) is 5.48. The topological polar surface area (TPSA) is 50.3 Å². The van der Waals surface area contributed by atoms with Crippen LogP contribution in [-0.4, -0.2) is 28.2 Å². The SMILES string of the molecule is Cc1nc(CCN2C(=O)c3ccccc3C2=O)cs1.Cl. The number of thiazole rings is 1. The Morgan fingerprint density at radius 1 is 1.15 bits per heavy atom. The first kappa shape index (κ1) is 14.7. The van der Waals surface area contributed by atoms with E-state index < -0.39 is 0 Å². The van der Waals surface area contributed by atoms with Crippen LogP contribution in [-0.2, 0) is 6.42 Å². The van der Waals surface area contributed by atoms with Crippen molar-refractivity contribution in [3.63, 3.8) is 0 Å². The van der Waals surface area contributed by atoms with Gasteiger partial charge in [-0.2, -0.15) is 0 Å². The van der Waals surface area contributed by atoms with Gasteiger partial charge in [0.25, 0.3) is 11.8 Å². The summed E-state index contributed by atoms with van der Waals surface area (Å²) in [5.74, 6) is -0.403. The Bertz CT molecular complexity index is 634. The lowest BCUT2D eigenvalue weighted by molar-refractivity contribution is 0.0656. The maximum absolute atomic E-state index is 12.1. The summed E-state index contributed by atoms with van der Waals surface area (Å²) in [5, 5.41) is 2.96. The summed E-state index contributed by atoms with van der Waals surface area (Å²) in [6.45, 7) is 2.33. The summed E-state index contributed by atoms with van der Waals surface area (Å²) in [4.78, 5) is 29.9. The first-order chi connectivity index (χ1) is 9.16. The number of carbonyl (C=O) groups excluding carboxylic acids is 2. The molecule has 1 aromatic heterocycles. The Hall–Kier alpha value is -1.72. The van der Waals surface area contributed by atoms with Crippen molar-refractivity contribution in [3.05, 3.63) is 51.5 Å². The van der Waals surface area contributed by atoms with Gasteiger partial charge in [0.1, 0.15) is 0 Å². The first-order valence-corrected chi connectivity index (χ1v) is 6.91. The second-order valence-electron chi connectivity index (χ2n) is 4.42. The zero-order valence-corrected chi connectivity index (χ0v) is 12.5. The van der Waals surface area contributed by atoms with Crippen LogP contribution in [0.3, 0.4) is 0 Å². The predicted molar refractivity (Wildman–Crippen MR) is 79.6 cm³/mol. The molecular formula is C14H13ClN2O2S. The van der Waals surface area contributed by atoms with Gasteiger partial charge in [-0.05, 0) is 19.1 Å². The van der Waals surface area contributed by atoms with Gasteiger partial charge in [-0.1, -0.05) is 12.1 Å². The molecule has 6 heteroatoms. The van der Waals surface area contributed by atoms with Gasteiger partial charge in [-0.15, -0.1) is 23.7 Å². The number of hydrogen-bond acceptors (Lipinski definition) is 4. The van der Waals surface area contributed by atoms with Gasteiger partial charge in [-0.3, -0.25) is 14.5 Å². The predicted octanol–water partition coefficient (Wildman–Crippen LogP) is 2.71. The fraction of sp³-hybridized carbons (Fsp3) is 0.214. The smallest absolute Gasteiger partial charge is 0.261 e. The molecule has 0 atom stereocenters. The standard InChI is InChI=1S/C14H12N2O2S.ClH/c1-9-15-10(8-19-9)6-7-16-13(17)11-4-2-3-5-12(11)14(16)18;/h2-5,8H,6-7H2,1H3;1H. The first-order valence-electron chi connectivity index (χ1n) is 6.03. The summed E-state index contributed by atoms with van der Waals surface area (Å²) in [6.07, 6.45) is 0.607. The molecule has 4 nitrogen and oxygen atoms in total. The second kappa shape index (κ2) is 5.73. The average Bonchev–Trinajstić information content (AvgIpc) is 2.93. The highest BCUT2D eigenvalue weighted by atomic mass is 35.5. The lowest BCUT2D eigenvalue weighted by atomic mass is 10.1. The number of rotatable bonds is 3. The van der Waals surface area contributed by atoms with E-state index in [4.69, 9.17) is 0 Å². The largest absolute Gasteiger partial charge is 0.274 e. The highest BCUT2D eigenvalue weighted by molar-refractivity contribution is 7.09. The van der Waals surface area contributed by atoms with E-state index in [1.54, 1.807) is 35.6 Å². The number of benzene rings is 1. The molecule has 0 aliphatic carbocycles. The van der Waals surface area contributed by atoms with Crippen LogP contribution < -0.4 is 0 Å². The van der Waals surface area contributed by atoms with E-state index >= 15 is 0 Å². The summed E-state index contributed by atoms with van der Waals surface area (Å²) in [7, 11) is 0. The number of nitrogens with zero attached hydrogens (tertiary/aromatic N) is 2. The minimum absolute atomic E-state index is 0. The number of amides is 2. The lowest BCUT2D eigenvalue weighted by Gasteiger charge is -2.12. The number of fused-ring (bicyclic) bond motifs is 1. The number of halogens is 1. The zero-order chi connectivity index (χ0) is 13.4. The van der Waals surface area contributed by atoms with Gasteiger partial charge in [0.2, 0.25) is 0 Å². The lowest BCUT2D eigenvalue weighted by Crippen LogP contribution is -2.31. The van der Waals surface area contributed by atoms with Crippen LogP contribution in [0.4, 0.5) is 0 Å². The van der Waals surface area contributed by atoms with Crippen LogP contribution in [0.15, 0.2) is 29.6 Å². The van der Waals surface area contributed by atoms with Gasteiger partial charge in [-0.25, -0.2) is 4.98 Å². The normalized spacial score (nSPS) is 13.3. The maximum atomic E-state index is 12.1. The van der Waals surface area contributed by atoms with Gasteiger partial charge < -0.3 is 0 Å². The number of aromatic nitrogens is 1. The van der Waals surface area contributed by atoms with Gasteiger partial charge in [0.15, 0.2) is 0 Å². The summed E-state index contributed by atoms with van der Waals surface area (Å²) in [6, 6.07) is 6.94. The molecule has 0 saturated heterocycles. The van der Waals surface area contributed by atoms with E-state index in [-0.39, 0.29) is 24.2 Å². The van der Waals surface area contributed by atoms with E-state index in [0.717, 1.165) is 10.7 Å².